The van der Waals surface area contributed by atoms with Crippen molar-refractivity contribution in [1.29, 1.82) is 0 Å². The van der Waals surface area contributed by atoms with Crippen molar-refractivity contribution in [2.24, 2.45) is 0 Å². The zero-order chi connectivity index (χ0) is 14.5. The maximum absolute atomic E-state index is 4.43. The van der Waals surface area contributed by atoms with E-state index in [2.05, 4.69) is 52.2 Å². The molecule has 21 heavy (non-hydrogen) atoms. The Kier molecular flexibility index (Phi) is 4.78. The van der Waals surface area contributed by atoms with Gasteiger partial charge in [-0.3, -0.25) is 4.98 Å². The van der Waals surface area contributed by atoms with E-state index in [-0.39, 0.29) is 0 Å². The van der Waals surface area contributed by atoms with Gasteiger partial charge in [-0.25, -0.2) is 0 Å². The molecule has 1 aliphatic heterocycles. The number of likely N-dealkylation sites (N-methyl/N-ethyl adjacent to an activating group) is 1. The minimum Gasteiger partial charge on any atom is -0.369 e. The highest BCUT2D eigenvalue weighted by Crippen LogP contribution is 2.29. The minimum absolute atomic E-state index is 1.08. The van der Waals surface area contributed by atoms with Gasteiger partial charge in [0.2, 0.25) is 0 Å². The SMILES string of the molecule is CN1CCCN(c2cncc(Sc3ccccc3)c2)CC1. The van der Waals surface area contributed by atoms with Crippen LogP contribution in [0.2, 0.25) is 0 Å². The van der Waals surface area contributed by atoms with Crippen LogP contribution in [0.15, 0.2) is 58.6 Å². The molecule has 2 heterocycles. The summed E-state index contributed by atoms with van der Waals surface area (Å²) < 4.78 is 0. The van der Waals surface area contributed by atoms with Crippen LogP contribution in [-0.2, 0) is 0 Å². The standard InChI is InChI=1S/C17H21N3S/c1-19-8-5-9-20(11-10-19)15-12-17(14-18-13-15)21-16-6-3-2-4-7-16/h2-4,6-7,12-14H,5,8-11H2,1H3. The Hall–Kier alpha value is -1.52. The molecule has 1 aromatic carbocycles. The molecular formula is C17H21N3S. The van der Waals surface area contributed by atoms with E-state index in [0.717, 1.165) is 19.6 Å². The number of anilines is 1. The van der Waals surface area contributed by atoms with Gasteiger partial charge in [0.15, 0.2) is 0 Å². The largest absolute Gasteiger partial charge is 0.369 e. The van der Waals surface area contributed by atoms with Gasteiger partial charge < -0.3 is 9.80 Å². The molecule has 0 atom stereocenters. The molecule has 0 N–H and O–H groups in total. The molecule has 1 fully saturated rings. The van der Waals surface area contributed by atoms with E-state index in [0.29, 0.717) is 0 Å². The number of benzene rings is 1. The van der Waals surface area contributed by atoms with E-state index < -0.39 is 0 Å². The molecule has 3 rings (SSSR count). The van der Waals surface area contributed by atoms with Gasteiger partial charge in [-0.1, -0.05) is 30.0 Å². The van der Waals surface area contributed by atoms with Gasteiger partial charge in [-0.15, -0.1) is 0 Å². The van der Waals surface area contributed by atoms with Crippen LogP contribution in [0.25, 0.3) is 0 Å². The zero-order valence-corrected chi connectivity index (χ0v) is 13.2. The van der Waals surface area contributed by atoms with Crippen molar-refractivity contribution in [2.75, 3.05) is 38.1 Å². The Labute approximate surface area is 131 Å². The molecule has 0 aliphatic carbocycles. The summed E-state index contributed by atoms with van der Waals surface area (Å²) in [5.41, 5.74) is 1.24. The van der Waals surface area contributed by atoms with Gasteiger partial charge in [-0.2, -0.15) is 0 Å². The molecule has 0 radical (unpaired) electrons. The third-order valence-corrected chi connectivity index (χ3v) is 4.73. The number of nitrogens with zero attached hydrogens (tertiary/aromatic N) is 3. The summed E-state index contributed by atoms with van der Waals surface area (Å²) in [4.78, 5) is 11.7. The molecule has 0 spiro atoms. The van der Waals surface area contributed by atoms with Crippen LogP contribution in [0.3, 0.4) is 0 Å². The molecule has 1 aliphatic rings. The fourth-order valence-corrected chi connectivity index (χ4v) is 3.42. The molecule has 2 aromatic rings. The lowest BCUT2D eigenvalue weighted by Crippen LogP contribution is -2.28. The van der Waals surface area contributed by atoms with Gasteiger partial charge in [-0.05, 0) is 38.2 Å². The Morgan fingerprint density at radius 2 is 1.81 bits per heavy atom. The molecular weight excluding hydrogens is 278 g/mol. The van der Waals surface area contributed by atoms with E-state index in [1.165, 1.54) is 28.4 Å². The van der Waals surface area contributed by atoms with Crippen LogP contribution in [-0.4, -0.2) is 43.1 Å². The highest BCUT2D eigenvalue weighted by molar-refractivity contribution is 7.99. The molecule has 1 saturated heterocycles. The summed E-state index contributed by atoms with van der Waals surface area (Å²) in [6.07, 6.45) is 5.15. The molecule has 1 aromatic heterocycles. The maximum Gasteiger partial charge on any atom is 0.0564 e. The predicted molar refractivity (Wildman–Crippen MR) is 89.1 cm³/mol. The first-order chi connectivity index (χ1) is 10.3. The van der Waals surface area contributed by atoms with Crippen molar-refractivity contribution < 1.29 is 0 Å². The Bertz CT molecular complexity index is 573. The van der Waals surface area contributed by atoms with E-state index >= 15 is 0 Å². The first-order valence-electron chi connectivity index (χ1n) is 7.43. The molecule has 0 saturated carbocycles. The van der Waals surface area contributed by atoms with E-state index in [1.807, 2.05) is 18.5 Å². The zero-order valence-electron chi connectivity index (χ0n) is 12.4. The summed E-state index contributed by atoms with van der Waals surface area (Å²) in [6, 6.07) is 12.7. The first kappa shape index (κ1) is 14.4. The Balaban J connectivity index is 1.73. The third kappa shape index (κ3) is 3.99. The number of pyridine rings is 1. The highest BCUT2D eigenvalue weighted by atomic mass is 32.2. The second-order valence-corrected chi connectivity index (χ2v) is 6.58. The van der Waals surface area contributed by atoms with Crippen molar-refractivity contribution >= 4 is 17.4 Å². The lowest BCUT2D eigenvalue weighted by Gasteiger charge is -2.22. The monoisotopic (exact) mass is 299 g/mol. The normalized spacial score (nSPS) is 16.7. The van der Waals surface area contributed by atoms with E-state index in [9.17, 15) is 0 Å². The lowest BCUT2D eigenvalue weighted by molar-refractivity contribution is 0.360. The molecule has 0 amide bonds. The molecule has 0 bridgehead atoms. The second kappa shape index (κ2) is 6.96. The van der Waals surface area contributed by atoms with Crippen LogP contribution < -0.4 is 4.90 Å². The van der Waals surface area contributed by atoms with Crippen molar-refractivity contribution in [3.05, 3.63) is 48.8 Å². The Morgan fingerprint density at radius 1 is 0.952 bits per heavy atom. The van der Waals surface area contributed by atoms with Crippen LogP contribution >= 0.6 is 11.8 Å². The first-order valence-corrected chi connectivity index (χ1v) is 8.24. The maximum atomic E-state index is 4.43. The van der Waals surface area contributed by atoms with Crippen molar-refractivity contribution in [3.63, 3.8) is 0 Å². The molecule has 110 valence electrons. The van der Waals surface area contributed by atoms with E-state index in [4.69, 9.17) is 0 Å². The van der Waals surface area contributed by atoms with Gasteiger partial charge in [0.05, 0.1) is 11.9 Å². The number of hydrogen-bond acceptors (Lipinski definition) is 4. The van der Waals surface area contributed by atoms with Crippen LogP contribution in [0.5, 0.6) is 0 Å². The minimum atomic E-state index is 1.08. The van der Waals surface area contributed by atoms with Gasteiger partial charge in [0.25, 0.3) is 0 Å². The summed E-state index contributed by atoms with van der Waals surface area (Å²) >= 11 is 1.77. The smallest absolute Gasteiger partial charge is 0.0564 e. The molecule has 4 heteroatoms. The van der Waals surface area contributed by atoms with Crippen molar-refractivity contribution in [3.8, 4) is 0 Å². The summed E-state index contributed by atoms with van der Waals surface area (Å²) in [6.45, 7) is 4.50. The quantitative estimate of drug-likeness (QED) is 0.865. The van der Waals surface area contributed by atoms with Gasteiger partial charge in [0.1, 0.15) is 0 Å². The van der Waals surface area contributed by atoms with Crippen molar-refractivity contribution in [2.45, 2.75) is 16.2 Å². The molecule has 3 nitrogen and oxygen atoms in total. The van der Waals surface area contributed by atoms with Gasteiger partial charge in [0, 0.05) is 35.6 Å². The number of hydrogen-bond donors (Lipinski definition) is 0. The van der Waals surface area contributed by atoms with Crippen LogP contribution in [0, 0.1) is 0 Å². The average Bonchev–Trinajstić information content (AvgIpc) is 2.73. The number of aromatic nitrogens is 1. The van der Waals surface area contributed by atoms with E-state index in [1.54, 1.807) is 11.8 Å². The number of rotatable bonds is 3. The predicted octanol–water partition coefficient (Wildman–Crippen LogP) is 3.37. The summed E-state index contributed by atoms with van der Waals surface area (Å²) in [5.74, 6) is 0. The lowest BCUT2D eigenvalue weighted by atomic mass is 10.3. The van der Waals surface area contributed by atoms with Gasteiger partial charge >= 0.3 is 0 Å². The third-order valence-electron chi connectivity index (χ3n) is 3.76. The van der Waals surface area contributed by atoms with Crippen LogP contribution in [0.1, 0.15) is 6.42 Å². The summed E-state index contributed by atoms with van der Waals surface area (Å²) in [5, 5.41) is 0. The Morgan fingerprint density at radius 3 is 2.67 bits per heavy atom. The summed E-state index contributed by atoms with van der Waals surface area (Å²) in [7, 11) is 2.20. The topological polar surface area (TPSA) is 19.4 Å². The highest BCUT2D eigenvalue weighted by Gasteiger charge is 2.13. The second-order valence-electron chi connectivity index (χ2n) is 5.44. The van der Waals surface area contributed by atoms with Crippen LogP contribution in [0.4, 0.5) is 5.69 Å². The van der Waals surface area contributed by atoms with Crippen molar-refractivity contribution in [1.82, 2.24) is 9.88 Å². The average molecular weight is 299 g/mol. The fraction of sp³-hybridized carbons (Fsp3) is 0.353. The fourth-order valence-electron chi connectivity index (χ4n) is 2.57. The molecule has 0 unspecified atom stereocenters.